The molecule has 1 amide bonds. The van der Waals surface area contributed by atoms with Crippen LogP contribution in [0.15, 0.2) is 6.20 Å². The number of carbonyl (C=O) groups is 1. The average molecular weight is 383 g/mol. The molecule has 1 aliphatic carbocycles. The molecule has 0 aromatic carbocycles. The Hall–Kier alpha value is -1.70. The molecule has 1 atom stereocenters. The predicted octanol–water partition coefficient (Wildman–Crippen LogP) is 3.22. The maximum atomic E-state index is 13.1. The van der Waals surface area contributed by atoms with Gasteiger partial charge in [-0.15, -0.1) is 0 Å². The number of hydrogen-bond acceptors (Lipinski definition) is 4. The molecule has 1 aromatic rings. The molecule has 1 aromatic heterocycles. The van der Waals surface area contributed by atoms with E-state index >= 15 is 0 Å². The number of nitrogens with zero attached hydrogens (tertiary/aromatic N) is 3. The standard InChI is InChI=1S/C19H27F2N3O3/c1-18(20,21)11-16(26)23-8-6-19(7-9-23)10-14(25)17-15(27-19)12-24(22-17)13-4-2-3-5-13/h12-14,25H,2-11H2,1H3. The average Bonchev–Trinajstić information content (AvgIpc) is 3.22. The zero-order valence-corrected chi connectivity index (χ0v) is 15.7. The number of fused-ring (bicyclic) bond motifs is 1. The van der Waals surface area contributed by atoms with Crippen molar-refractivity contribution in [3.05, 3.63) is 11.9 Å². The number of aliphatic hydroxyl groups is 1. The largest absolute Gasteiger partial charge is 0.483 e. The predicted molar refractivity (Wildman–Crippen MR) is 93.7 cm³/mol. The Labute approximate surface area is 157 Å². The highest BCUT2D eigenvalue weighted by atomic mass is 19.3. The van der Waals surface area contributed by atoms with E-state index in [1.807, 2.05) is 10.9 Å². The number of halogens is 2. The first-order valence-electron chi connectivity index (χ1n) is 9.86. The summed E-state index contributed by atoms with van der Waals surface area (Å²) in [5, 5.41) is 15.2. The lowest BCUT2D eigenvalue weighted by molar-refractivity contribution is -0.142. The van der Waals surface area contributed by atoms with Crippen LogP contribution in [-0.4, -0.2) is 50.3 Å². The van der Waals surface area contributed by atoms with Crippen LogP contribution >= 0.6 is 0 Å². The number of likely N-dealkylation sites (tertiary alicyclic amines) is 1. The maximum absolute atomic E-state index is 13.1. The van der Waals surface area contributed by atoms with Crippen LogP contribution in [0, 0.1) is 0 Å². The number of hydrogen-bond donors (Lipinski definition) is 1. The second-order valence-electron chi connectivity index (χ2n) is 8.43. The van der Waals surface area contributed by atoms with Crippen molar-refractivity contribution >= 4 is 5.91 Å². The lowest BCUT2D eigenvalue weighted by Crippen LogP contribution is -2.52. The maximum Gasteiger partial charge on any atom is 0.254 e. The van der Waals surface area contributed by atoms with Crippen molar-refractivity contribution in [2.24, 2.45) is 0 Å². The van der Waals surface area contributed by atoms with Gasteiger partial charge in [-0.25, -0.2) is 8.78 Å². The van der Waals surface area contributed by atoms with Crippen LogP contribution in [0.3, 0.4) is 0 Å². The number of amides is 1. The van der Waals surface area contributed by atoms with Gasteiger partial charge in [0.15, 0.2) is 5.75 Å². The monoisotopic (exact) mass is 383 g/mol. The summed E-state index contributed by atoms with van der Waals surface area (Å²) >= 11 is 0. The lowest BCUT2D eigenvalue weighted by atomic mass is 9.83. The molecule has 4 rings (SSSR count). The third-order valence-corrected chi connectivity index (χ3v) is 6.12. The molecule has 2 aliphatic heterocycles. The Balaban J connectivity index is 1.43. The van der Waals surface area contributed by atoms with E-state index in [0.29, 0.717) is 49.8 Å². The summed E-state index contributed by atoms with van der Waals surface area (Å²) in [6.45, 7) is 1.50. The van der Waals surface area contributed by atoms with Gasteiger partial charge in [-0.3, -0.25) is 9.48 Å². The van der Waals surface area contributed by atoms with Gasteiger partial charge in [0.05, 0.1) is 18.7 Å². The molecule has 0 bridgehead atoms. The minimum atomic E-state index is -2.99. The topological polar surface area (TPSA) is 67.6 Å². The number of aliphatic hydroxyl groups excluding tert-OH is 1. The van der Waals surface area contributed by atoms with Gasteiger partial charge in [0.1, 0.15) is 17.4 Å². The van der Waals surface area contributed by atoms with Crippen molar-refractivity contribution in [2.45, 2.75) is 82.0 Å². The van der Waals surface area contributed by atoms with E-state index in [-0.39, 0.29) is 0 Å². The van der Waals surface area contributed by atoms with Gasteiger partial charge < -0.3 is 14.7 Å². The minimum Gasteiger partial charge on any atom is -0.483 e. The third-order valence-electron chi connectivity index (χ3n) is 6.12. The van der Waals surface area contributed by atoms with Gasteiger partial charge in [0.2, 0.25) is 5.91 Å². The summed E-state index contributed by atoms with van der Waals surface area (Å²) in [7, 11) is 0. The van der Waals surface area contributed by atoms with E-state index < -0.39 is 30.0 Å². The highest BCUT2D eigenvalue weighted by Gasteiger charge is 2.45. The Morgan fingerprint density at radius 2 is 2.04 bits per heavy atom. The second kappa shape index (κ2) is 6.72. The van der Waals surface area contributed by atoms with Crippen LogP contribution in [0.2, 0.25) is 0 Å². The molecule has 3 aliphatic rings. The number of rotatable bonds is 3. The second-order valence-corrected chi connectivity index (χ2v) is 8.43. The first kappa shape index (κ1) is 18.7. The smallest absolute Gasteiger partial charge is 0.254 e. The van der Waals surface area contributed by atoms with Crippen molar-refractivity contribution in [1.82, 2.24) is 14.7 Å². The quantitative estimate of drug-likeness (QED) is 0.870. The van der Waals surface area contributed by atoms with E-state index in [2.05, 4.69) is 5.10 Å². The van der Waals surface area contributed by atoms with E-state index in [4.69, 9.17) is 4.74 Å². The van der Waals surface area contributed by atoms with Gasteiger partial charge in [0.25, 0.3) is 5.92 Å². The fraction of sp³-hybridized carbons (Fsp3) is 0.789. The molecule has 1 spiro atoms. The summed E-state index contributed by atoms with van der Waals surface area (Å²) in [6, 6.07) is 0.373. The molecule has 0 radical (unpaired) electrons. The van der Waals surface area contributed by atoms with Crippen LogP contribution in [-0.2, 0) is 4.79 Å². The summed E-state index contributed by atoms with van der Waals surface area (Å²) in [6.07, 6.45) is 6.51. The van der Waals surface area contributed by atoms with Crippen LogP contribution in [0.4, 0.5) is 8.78 Å². The first-order valence-corrected chi connectivity index (χ1v) is 9.86. The molecular weight excluding hydrogens is 356 g/mol. The van der Waals surface area contributed by atoms with Gasteiger partial charge in [0, 0.05) is 32.4 Å². The summed E-state index contributed by atoms with van der Waals surface area (Å²) in [5.74, 6) is -2.89. The Kier molecular flexibility index (Phi) is 4.64. The van der Waals surface area contributed by atoms with Crippen LogP contribution in [0.1, 0.15) is 76.1 Å². The molecule has 1 saturated carbocycles. The number of alkyl halides is 2. The van der Waals surface area contributed by atoms with E-state index in [9.17, 15) is 18.7 Å². The summed E-state index contributed by atoms with van der Waals surface area (Å²) in [4.78, 5) is 13.5. The highest BCUT2D eigenvalue weighted by Crippen LogP contribution is 2.45. The van der Waals surface area contributed by atoms with E-state index in [1.165, 1.54) is 17.7 Å². The normalized spacial score (nSPS) is 25.5. The molecule has 2 fully saturated rings. The van der Waals surface area contributed by atoms with Crippen molar-refractivity contribution in [1.29, 1.82) is 0 Å². The number of piperidine rings is 1. The van der Waals surface area contributed by atoms with Crippen molar-refractivity contribution in [3.8, 4) is 5.75 Å². The number of ether oxygens (including phenoxy) is 1. The summed E-state index contributed by atoms with van der Waals surface area (Å²) in [5.41, 5.74) is 0.0400. The molecular formula is C19H27F2N3O3. The molecule has 3 heterocycles. The van der Waals surface area contributed by atoms with Crippen molar-refractivity contribution in [3.63, 3.8) is 0 Å². The molecule has 6 nitrogen and oxygen atoms in total. The molecule has 150 valence electrons. The van der Waals surface area contributed by atoms with Gasteiger partial charge >= 0.3 is 0 Å². The lowest BCUT2D eigenvalue weighted by Gasteiger charge is -2.44. The SMILES string of the molecule is CC(F)(F)CC(=O)N1CCC2(CC1)CC(O)c1nn(C3CCCC3)cc1O2. The zero-order chi connectivity index (χ0) is 19.2. The Bertz CT molecular complexity index is 702. The van der Waals surface area contributed by atoms with Gasteiger partial charge in [-0.05, 0) is 19.8 Å². The minimum absolute atomic E-state index is 0.369. The van der Waals surface area contributed by atoms with Crippen LogP contribution in [0.25, 0.3) is 0 Å². The van der Waals surface area contributed by atoms with Gasteiger partial charge in [-0.1, -0.05) is 12.8 Å². The molecule has 1 unspecified atom stereocenters. The third kappa shape index (κ3) is 3.81. The fourth-order valence-corrected chi connectivity index (χ4v) is 4.63. The van der Waals surface area contributed by atoms with Crippen LogP contribution < -0.4 is 4.74 Å². The van der Waals surface area contributed by atoms with Crippen molar-refractivity contribution in [2.75, 3.05) is 13.1 Å². The Morgan fingerprint density at radius 1 is 1.37 bits per heavy atom. The van der Waals surface area contributed by atoms with Gasteiger partial charge in [-0.2, -0.15) is 5.10 Å². The number of carbonyl (C=O) groups excluding carboxylic acids is 1. The molecule has 1 N–H and O–H groups in total. The Morgan fingerprint density at radius 3 is 2.67 bits per heavy atom. The first-order chi connectivity index (χ1) is 12.7. The van der Waals surface area contributed by atoms with E-state index in [0.717, 1.165) is 19.8 Å². The van der Waals surface area contributed by atoms with Crippen molar-refractivity contribution < 1.29 is 23.4 Å². The molecule has 1 saturated heterocycles. The zero-order valence-electron chi connectivity index (χ0n) is 15.7. The molecule has 27 heavy (non-hydrogen) atoms. The van der Waals surface area contributed by atoms with Crippen LogP contribution in [0.5, 0.6) is 5.75 Å². The molecule has 8 heteroatoms. The van der Waals surface area contributed by atoms with E-state index in [1.54, 1.807) is 0 Å². The number of aromatic nitrogens is 2. The summed E-state index contributed by atoms with van der Waals surface area (Å²) < 4.78 is 34.4. The highest BCUT2D eigenvalue weighted by molar-refractivity contribution is 5.77. The fourth-order valence-electron chi connectivity index (χ4n) is 4.63.